The molecule has 1 fully saturated rings. The van der Waals surface area contributed by atoms with Gasteiger partial charge in [-0.05, 0) is 35.9 Å². The molecule has 2 N–H and O–H groups in total. The maximum atomic E-state index is 9.28. The molecule has 8 heteroatoms. The van der Waals surface area contributed by atoms with Crippen molar-refractivity contribution in [2.24, 2.45) is 4.99 Å². The van der Waals surface area contributed by atoms with E-state index in [2.05, 4.69) is 62.7 Å². The smallest absolute Gasteiger partial charge is 0.180 e. The van der Waals surface area contributed by atoms with Gasteiger partial charge in [0.15, 0.2) is 11.5 Å². The molecule has 2 aliphatic heterocycles. The number of hydrogen-bond donors (Lipinski definition) is 2. The van der Waals surface area contributed by atoms with Gasteiger partial charge in [-0.15, -0.1) is 0 Å². The number of nitrogens with one attached hydrogen (secondary N) is 1. The SMILES string of the molecule is OCCC1=NCc2cc(-c3cn4ccnc4c(Nc4ccc(N5CCOCC5)cc4)n3)ccc21. The van der Waals surface area contributed by atoms with Crippen molar-refractivity contribution in [2.45, 2.75) is 13.0 Å². The molecule has 2 aromatic carbocycles. The molecule has 2 aromatic heterocycles. The maximum absolute atomic E-state index is 9.28. The molecule has 1 saturated heterocycles. The highest BCUT2D eigenvalue weighted by molar-refractivity contribution is 6.04. The van der Waals surface area contributed by atoms with Crippen LogP contribution in [0, 0.1) is 0 Å². The van der Waals surface area contributed by atoms with Crippen molar-refractivity contribution < 1.29 is 9.84 Å². The third-order valence-corrected chi connectivity index (χ3v) is 6.38. The predicted molar refractivity (Wildman–Crippen MR) is 133 cm³/mol. The maximum Gasteiger partial charge on any atom is 0.180 e. The Labute approximate surface area is 197 Å². The van der Waals surface area contributed by atoms with E-state index in [0.717, 1.165) is 60.2 Å². The lowest BCUT2D eigenvalue weighted by Crippen LogP contribution is -2.36. The lowest BCUT2D eigenvalue weighted by atomic mass is 10.00. The second-order valence-electron chi connectivity index (χ2n) is 8.51. The van der Waals surface area contributed by atoms with Crippen LogP contribution in [-0.2, 0) is 11.3 Å². The summed E-state index contributed by atoms with van der Waals surface area (Å²) in [4.78, 5) is 16.4. The number of fused-ring (bicyclic) bond motifs is 2. The highest BCUT2D eigenvalue weighted by Gasteiger charge is 2.17. The number of hydrogen-bond acceptors (Lipinski definition) is 7. The van der Waals surface area contributed by atoms with Crippen LogP contribution < -0.4 is 10.2 Å². The molecule has 0 spiro atoms. The summed E-state index contributed by atoms with van der Waals surface area (Å²) in [5.74, 6) is 0.708. The zero-order valence-electron chi connectivity index (χ0n) is 18.8. The monoisotopic (exact) mass is 454 g/mol. The number of rotatable bonds is 6. The van der Waals surface area contributed by atoms with Crippen LogP contribution in [0.1, 0.15) is 17.5 Å². The van der Waals surface area contributed by atoms with Crippen molar-refractivity contribution >= 4 is 28.6 Å². The Morgan fingerprint density at radius 2 is 1.91 bits per heavy atom. The molecular weight excluding hydrogens is 428 g/mol. The number of anilines is 3. The molecule has 0 bridgehead atoms. The standard InChI is InChI=1S/C26H26N6O2/c33-12-7-23-22-6-1-18(15-19(22)16-28-23)24-17-32-9-8-27-26(32)25(30-24)29-20-2-4-21(5-3-20)31-10-13-34-14-11-31/h1-6,8-9,15,17,33H,7,10-14,16H2,(H,29,30). The first-order valence-electron chi connectivity index (χ1n) is 11.6. The second-order valence-corrected chi connectivity index (χ2v) is 8.51. The first-order valence-corrected chi connectivity index (χ1v) is 11.6. The zero-order chi connectivity index (χ0) is 22.9. The highest BCUT2D eigenvalue weighted by atomic mass is 16.5. The summed E-state index contributed by atoms with van der Waals surface area (Å²) >= 11 is 0. The van der Waals surface area contributed by atoms with Crippen molar-refractivity contribution in [3.05, 3.63) is 72.2 Å². The topological polar surface area (TPSA) is 87.3 Å². The van der Waals surface area contributed by atoms with E-state index in [9.17, 15) is 5.11 Å². The summed E-state index contributed by atoms with van der Waals surface area (Å²) in [7, 11) is 0. The van der Waals surface area contributed by atoms with Crippen LogP contribution in [-0.4, -0.2) is 58.1 Å². The largest absolute Gasteiger partial charge is 0.396 e. The van der Waals surface area contributed by atoms with Crippen LogP contribution in [0.4, 0.5) is 17.2 Å². The number of benzene rings is 2. The van der Waals surface area contributed by atoms with E-state index in [-0.39, 0.29) is 6.61 Å². The van der Waals surface area contributed by atoms with E-state index in [4.69, 9.17) is 9.72 Å². The van der Waals surface area contributed by atoms with E-state index >= 15 is 0 Å². The minimum absolute atomic E-state index is 0.112. The van der Waals surface area contributed by atoms with Gasteiger partial charge in [-0.2, -0.15) is 0 Å². The van der Waals surface area contributed by atoms with Crippen LogP contribution in [0.15, 0.2) is 66.0 Å². The summed E-state index contributed by atoms with van der Waals surface area (Å²) in [5, 5.41) is 12.7. The average Bonchev–Trinajstić information content (AvgIpc) is 3.52. The molecule has 8 nitrogen and oxygen atoms in total. The Balaban J connectivity index is 1.29. The third-order valence-electron chi connectivity index (χ3n) is 6.38. The summed E-state index contributed by atoms with van der Waals surface area (Å²) in [6.07, 6.45) is 6.31. The van der Waals surface area contributed by atoms with Gasteiger partial charge < -0.3 is 24.5 Å². The van der Waals surface area contributed by atoms with E-state index in [0.29, 0.717) is 18.8 Å². The third kappa shape index (κ3) is 3.91. The molecule has 2 aliphatic rings. The van der Waals surface area contributed by atoms with E-state index in [1.165, 1.54) is 11.3 Å². The number of aliphatic hydroxyl groups excluding tert-OH is 1. The van der Waals surface area contributed by atoms with Gasteiger partial charge in [0, 0.05) is 72.9 Å². The van der Waals surface area contributed by atoms with Crippen LogP contribution in [0.3, 0.4) is 0 Å². The lowest BCUT2D eigenvalue weighted by molar-refractivity contribution is 0.122. The van der Waals surface area contributed by atoms with Crippen molar-refractivity contribution in [2.75, 3.05) is 43.1 Å². The normalized spacial score (nSPS) is 15.4. The fourth-order valence-electron chi connectivity index (χ4n) is 4.62. The quantitative estimate of drug-likeness (QED) is 0.462. The minimum atomic E-state index is 0.112. The molecule has 0 unspecified atom stereocenters. The molecular formula is C26H26N6O2. The Hall–Kier alpha value is -3.75. The number of aliphatic imine (C=N–C) groups is 1. The molecule has 0 atom stereocenters. The zero-order valence-corrected chi connectivity index (χ0v) is 18.8. The highest BCUT2D eigenvalue weighted by Crippen LogP contribution is 2.29. The fourth-order valence-corrected chi connectivity index (χ4v) is 4.62. The number of morpholine rings is 1. The fraction of sp³-hybridized carbons (Fsp3) is 0.269. The van der Waals surface area contributed by atoms with Gasteiger partial charge in [0.2, 0.25) is 0 Å². The summed E-state index contributed by atoms with van der Waals surface area (Å²) < 4.78 is 7.45. The summed E-state index contributed by atoms with van der Waals surface area (Å²) in [5.41, 5.74) is 8.09. The Bertz CT molecular complexity index is 1360. The summed E-state index contributed by atoms with van der Waals surface area (Å²) in [6.45, 7) is 4.13. The van der Waals surface area contributed by atoms with E-state index < -0.39 is 0 Å². The first kappa shape index (κ1) is 20.8. The van der Waals surface area contributed by atoms with Gasteiger partial charge in [0.1, 0.15) is 0 Å². The molecule has 4 heterocycles. The number of aromatic nitrogens is 3. The Kier molecular flexibility index (Phi) is 5.44. The van der Waals surface area contributed by atoms with Crippen LogP contribution in [0.5, 0.6) is 0 Å². The van der Waals surface area contributed by atoms with Crippen LogP contribution in [0.25, 0.3) is 16.9 Å². The number of nitrogens with zero attached hydrogens (tertiary/aromatic N) is 5. The lowest BCUT2D eigenvalue weighted by Gasteiger charge is -2.28. The molecule has 4 aromatic rings. The average molecular weight is 455 g/mol. The van der Waals surface area contributed by atoms with E-state index in [1.54, 1.807) is 6.20 Å². The number of aliphatic hydroxyl groups is 1. The number of ether oxygens (including phenoxy) is 1. The van der Waals surface area contributed by atoms with E-state index in [1.807, 2.05) is 16.8 Å². The van der Waals surface area contributed by atoms with Crippen molar-refractivity contribution in [3.8, 4) is 11.3 Å². The van der Waals surface area contributed by atoms with Gasteiger partial charge in [0.25, 0.3) is 0 Å². The van der Waals surface area contributed by atoms with Gasteiger partial charge in [-0.1, -0.05) is 12.1 Å². The van der Waals surface area contributed by atoms with Gasteiger partial charge >= 0.3 is 0 Å². The molecule has 0 amide bonds. The molecule has 6 rings (SSSR count). The number of imidazole rings is 1. The summed E-state index contributed by atoms with van der Waals surface area (Å²) in [6, 6.07) is 14.7. The molecule has 0 aliphatic carbocycles. The van der Waals surface area contributed by atoms with Crippen LogP contribution in [0.2, 0.25) is 0 Å². The Morgan fingerprint density at radius 3 is 2.74 bits per heavy atom. The first-order chi connectivity index (χ1) is 16.8. The van der Waals surface area contributed by atoms with Gasteiger partial charge in [0.05, 0.1) is 25.5 Å². The second kappa shape index (κ2) is 8.89. The van der Waals surface area contributed by atoms with Gasteiger partial charge in [-0.25, -0.2) is 9.97 Å². The van der Waals surface area contributed by atoms with Crippen molar-refractivity contribution in [3.63, 3.8) is 0 Å². The predicted octanol–water partition coefficient (Wildman–Crippen LogP) is 3.66. The van der Waals surface area contributed by atoms with Crippen molar-refractivity contribution in [1.29, 1.82) is 0 Å². The molecule has 34 heavy (non-hydrogen) atoms. The molecule has 172 valence electrons. The van der Waals surface area contributed by atoms with Gasteiger partial charge in [-0.3, -0.25) is 4.99 Å². The molecule has 0 radical (unpaired) electrons. The van der Waals surface area contributed by atoms with Crippen LogP contribution >= 0.6 is 0 Å². The van der Waals surface area contributed by atoms with Crippen molar-refractivity contribution in [1.82, 2.24) is 14.4 Å². The minimum Gasteiger partial charge on any atom is -0.396 e. The molecule has 0 saturated carbocycles. The Morgan fingerprint density at radius 1 is 1.06 bits per heavy atom.